The minimum absolute atomic E-state index is 0.159. The molecule has 7 nitrogen and oxygen atoms in total. The summed E-state index contributed by atoms with van der Waals surface area (Å²) in [5.41, 5.74) is 4.60. The third kappa shape index (κ3) is 4.59. The molecule has 32 heavy (non-hydrogen) atoms. The number of thiazole rings is 1. The van der Waals surface area contributed by atoms with Gasteiger partial charge in [0.05, 0.1) is 5.75 Å². The van der Waals surface area contributed by atoms with Gasteiger partial charge in [0.1, 0.15) is 5.52 Å². The fraction of sp³-hybridized carbons (Fsp3) is 0.136. The van der Waals surface area contributed by atoms with Crippen molar-refractivity contribution in [3.05, 3.63) is 69.7 Å². The zero-order valence-electron chi connectivity index (χ0n) is 16.9. The van der Waals surface area contributed by atoms with E-state index in [0.29, 0.717) is 26.5 Å². The minimum atomic E-state index is -0.168. The van der Waals surface area contributed by atoms with Crippen LogP contribution in [0.25, 0.3) is 22.1 Å². The van der Waals surface area contributed by atoms with Gasteiger partial charge in [0.25, 0.3) is 0 Å². The van der Waals surface area contributed by atoms with E-state index in [1.54, 1.807) is 12.3 Å². The highest BCUT2D eigenvalue weighted by atomic mass is 35.5. The highest BCUT2D eigenvalue weighted by Crippen LogP contribution is 2.26. The lowest BCUT2D eigenvalue weighted by Crippen LogP contribution is -2.14. The third-order valence-electron chi connectivity index (χ3n) is 4.79. The number of thioether (sulfide) groups is 1. The number of nitrogens with one attached hydrogen (secondary N) is 2. The minimum Gasteiger partial charge on any atom is -0.338 e. The number of anilines is 1. The number of halogens is 1. The number of rotatable bonds is 6. The maximum Gasteiger partial charge on any atom is 0.236 e. The van der Waals surface area contributed by atoms with Crippen molar-refractivity contribution in [2.45, 2.75) is 18.5 Å². The topological polar surface area (TPSA) is 96.5 Å². The normalized spacial score (nSPS) is 11.3. The average molecular weight is 481 g/mol. The van der Waals surface area contributed by atoms with Crippen molar-refractivity contribution in [3.8, 4) is 0 Å². The van der Waals surface area contributed by atoms with Crippen molar-refractivity contribution < 1.29 is 4.79 Å². The molecule has 0 bridgehead atoms. The second-order valence-corrected chi connectivity index (χ2v) is 9.73. The predicted octanol–water partition coefficient (Wildman–Crippen LogP) is 5.25. The van der Waals surface area contributed by atoms with Crippen LogP contribution in [0.4, 0.5) is 5.13 Å². The Morgan fingerprint density at radius 3 is 2.88 bits per heavy atom. The first kappa shape index (κ1) is 20.9. The summed E-state index contributed by atoms with van der Waals surface area (Å²) in [6, 6.07) is 13.9. The lowest BCUT2D eigenvalue weighted by atomic mass is 10.1. The predicted molar refractivity (Wildman–Crippen MR) is 130 cm³/mol. The zero-order valence-corrected chi connectivity index (χ0v) is 19.3. The summed E-state index contributed by atoms with van der Waals surface area (Å²) < 4.78 is 0. The summed E-state index contributed by atoms with van der Waals surface area (Å²) in [6.45, 7) is 2.07. The van der Waals surface area contributed by atoms with Crippen molar-refractivity contribution >= 4 is 67.8 Å². The summed E-state index contributed by atoms with van der Waals surface area (Å²) in [6.07, 6.45) is 2.59. The van der Waals surface area contributed by atoms with E-state index in [2.05, 4.69) is 61.7 Å². The van der Waals surface area contributed by atoms with Crippen molar-refractivity contribution in [1.82, 2.24) is 25.1 Å². The molecular formula is C22H17ClN6OS2. The van der Waals surface area contributed by atoms with Gasteiger partial charge in [0.2, 0.25) is 11.1 Å². The van der Waals surface area contributed by atoms with Gasteiger partial charge >= 0.3 is 0 Å². The Labute approximate surface area is 196 Å². The number of hydrogen-bond donors (Lipinski definition) is 2. The van der Waals surface area contributed by atoms with E-state index < -0.39 is 0 Å². The molecule has 2 N–H and O–H groups in total. The van der Waals surface area contributed by atoms with Crippen LogP contribution >= 0.6 is 34.7 Å². The van der Waals surface area contributed by atoms with E-state index in [9.17, 15) is 4.79 Å². The lowest BCUT2D eigenvalue weighted by Gasteiger charge is -2.01. The first-order valence-corrected chi connectivity index (χ1v) is 12.0. The highest BCUT2D eigenvalue weighted by Gasteiger charge is 2.12. The van der Waals surface area contributed by atoms with Gasteiger partial charge < -0.3 is 10.3 Å². The zero-order chi connectivity index (χ0) is 22.1. The number of nitrogens with zero attached hydrogens (tertiary/aromatic N) is 4. The molecule has 5 rings (SSSR count). The van der Waals surface area contributed by atoms with Crippen LogP contribution in [0.15, 0.2) is 53.8 Å². The molecule has 0 radical (unpaired) electrons. The SMILES string of the molecule is Cc1ccc(Cc2cnc(NC(=O)CSc3nnc4c(n3)[nH]c3ccc(Cl)cc34)s2)cc1. The van der Waals surface area contributed by atoms with E-state index in [1.807, 2.05) is 12.1 Å². The summed E-state index contributed by atoms with van der Waals surface area (Å²) in [4.78, 5) is 25.5. The molecule has 0 aliphatic heterocycles. The molecule has 0 fully saturated rings. The molecule has 0 saturated carbocycles. The Kier molecular flexibility index (Phi) is 5.77. The third-order valence-corrected chi connectivity index (χ3v) is 6.77. The second-order valence-electron chi connectivity index (χ2n) is 7.24. The number of carbonyl (C=O) groups is 1. The maximum atomic E-state index is 12.4. The molecule has 0 unspecified atom stereocenters. The number of benzene rings is 2. The van der Waals surface area contributed by atoms with Gasteiger partial charge in [-0.15, -0.1) is 21.5 Å². The summed E-state index contributed by atoms with van der Waals surface area (Å²) in [7, 11) is 0. The molecule has 0 aliphatic carbocycles. The monoisotopic (exact) mass is 480 g/mol. The lowest BCUT2D eigenvalue weighted by molar-refractivity contribution is -0.113. The van der Waals surface area contributed by atoms with Crippen LogP contribution in [0.3, 0.4) is 0 Å². The molecule has 10 heteroatoms. The van der Waals surface area contributed by atoms with E-state index >= 15 is 0 Å². The molecule has 1 amide bonds. The van der Waals surface area contributed by atoms with Gasteiger partial charge in [0.15, 0.2) is 10.8 Å². The van der Waals surface area contributed by atoms with Gasteiger partial charge in [0, 0.05) is 33.4 Å². The summed E-state index contributed by atoms with van der Waals surface area (Å²) in [5, 5.41) is 13.7. The number of fused-ring (bicyclic) bond motifs is 3. The van der Waals surface area contributed by atoms with Gasteiger partial charge in [-0.05, 0) is 30.7 Å². The summed E-state index contributed by atoms with van der Waals surface area (Å²) in [5.74, 6) is -0.00934. The maximum absolute atomic E-state index is 12.4. The largest absolute Gasteiger partial charge is 0.338 e. The Morgan fingerprint density at radius 1 is 1.19 bits per heavy atom. The van der Waals surface area contributed by atoms with Gasteiger partial charge in [-0.2, -0.15) is 0 Å². The van der Waals surface area contributed by atoms with Crippen LogP contribution in [0.5, 0.6) is 0 Å². The van der Waals surface area contributed by atoms with Crippen LogP contribution in [-0.4, -0.2) is 36.8 Å². The standard InChI is InChI=1S/C22H17ClN6OS2/c1-12-2-4-13(5-3-12)8-15-10-24-21(32-15)26-18(30)11-31-22-27-20-19(28-29-22)16-9-14(23)6-7-17(16)25-20/h2-7,9-10H,8,11H2,1H3,(H,24,26,30)(H,25,27,29). The number of hydrogen-bond acceptors (Lipinski definition) is 7. The van der Waals surface area contributed by atoms with E-state index in [-0.39, 0.29) is 11.7 Å². The van der Waals surface area contributed by atoms with Crippen LogP contribution in [0.1, 0.15) is 16.0 Å². The highest BCUT2D eigenvalue weighted by molar-refractivity contribution is 7.99. The van der Waals surface area contributed by atoms with Crippen molar-refractivity contribution in [2.24, 2.45) is 0 Å². The number of aromatic amines is 1. The van der Waals surface area contributed by atoms with Crippen LogP contribution in [0, 0.1) is 6.92 Å². The Balaban J connectivity index is 1.20. The van der Waals surface area contributed by atoms with E-state index in [1.165, 1.54) is 34.2 Å². The van der Waals surface area contributed by atoms with Crippen molar-refractivity contribution in [1.29, 1.82) is 0 Å². The molecule has 3 heterocycles. The van der Waals surface area contributed by atoms with Crippen LogP contribution in [-0.2, 0) is 11.2 Å². The number of carbonyl (C=O) groups excluding carboxylic acids is 1. The fourth-order valence-corrected chi connectivity index (χ4v) is 4.85. The smallest absolute Gasteiger partial charge is 0.236 e. The number of amides is 1. The Morgan fingerprint density at radius 2 is 2.03 bits per heavy atom. The first-order valence-electron chi connectivity index (χ1n) is 9.78. The second kappa shape index (κ2) is 8.85. The molecule has 0 spiro atoms. The van der Waals surface area contributed by atoms with Crippen LogP contribution < -0.4 is 5.32 Å². The number of aryl methyl sites for hydroxylation is 1. The van der Waals surface area contributed by atoms with Gasteiger partial charge in [-0.3, -0.25) is 4.79 Å². The van der Waals surface area contributed by atoms with Crippen LogP contribution in [0.2, 0.25) is 5.02 Å². The average Bonchev–Trinajstić information content (AvgIpc) is 3.37. The van der Waals surface area contributed by atoms with Crippen molar-refractivity contribution in [3.63, 3.8) is 0 Å². The van der Waals surface area contributed by atoms with Gasteiger partial charge in [-0.25, -0.2) is 9.97 Å². The Hall–Kier alpha value is -3.01. The molecule has 160 valence electrons. The van der Waals surface area contributed by atoms with Crippen molar-refractivity contribution in [2.75, 3.05) is 11.1 Å². The Bertz CT molecular complexity index is 1430. The first-order chi connectivity index (χ1) is 15.5. The number of aromatic nitrogens is 5. The molecule has 3 aromatic heterocycles. The van der Waals surface area contributed by atoms with E-state index in [4.69, 9.17) is 11.6 Å². The van der Waals surface area contributed by atoms with Gasteiger partial charge in [-0.1, -0.05) is 53.2 Å². The molecule has 0 atom stereocenters. The van der Waals surface area contributed by atoms with E-state index in [0.717, 1.165) is 22.2 Å². The number of H-pyrrole nitrogens is 1. The molecule has 0 saturated heterocycles. The summed E-state index contributed by atoms with van der Waals surface area (Å²) >= 11 is 8.77. The molecule has 0 aliphatic rings. The quantitative estimate of drug-likeness (QED) is 0.322. The molecule has 2 aromatic carbocycles. The fourth-order valence-electron chi connectivity index (χ4n) is 3.23. The molecular weight excluding hydrogens is 464 g/mol. The molecule has 5 aromatic rings.